The molecule has 1 aromatic heterocycles. The molecule has 7 heteroatoms. The smallest absolute Gasteiger partial charge is 0.303 e. The van der Waals surface area contributed by atoms with E-state index in [-0.39, 0.29) is 12.1 Å². The molecule has 2 rings (SSSR count). The molecular weight excluding hydrogens is 262 g/mol. The molecule has 0 aliphatic carbocycles. The van der Waals surface area contributed by atoms with E-state index < -0.39 is 10.9 Å². The Bertz CT molecular complexity index is 532. The molecule has 1 saturated heterocycles. The van der Waals surface area contributed by atoms with Crippen LogP contribution in [0.4, 0.5) is 11.5 Å². The first-order chi connectivity index (χ1) is 9.47. The summed E-state index contributed by atoms with van der Waals surface area (Å²) in [7, 11) is 0. The van der Waals surface area contributed by atoms with Gasteiger partial charge < -0.3 is 10.0 Å². The second-order valence-electron chi connectivity index (χ2n) is 5.06. The van der Waals surface area contributed by atoms with Gasteiger partial charge in [-0.2, -0.15) is 0 Å². The van der Waals surface area contributed by atoms with Crippen LogP contribution in [0.3, 0.4) is 0 Å². The first-order valence-corrected chi connectivity index (χ1v) is 6.56. The number of anilines is 1. The average Bonchev–Trinajstić information content (AvgIpc) is 2.84. The minimum atomic E-state index is -0.771. The minimum Gasteiger partial charge on any atom is -0.481 e. The Morgan fingerprint density at radius 3 is 2.95 bits per heavy atom. The molecule has 1 unspecified atom stereocenters. The predicted octanol–water partition coefficient (Wildman–Crippen LogP) is 1.99. The Hall–Kier alpha value is -2.18. The van der Waals surface area contributed by atoms with Crippen molar-refractivity contribution in [2.75, 3.05) is 18.0 Å². The van der Waals surface area contributed by atoms with E-state index in [4.69, 9.17) is 5.11 Å². The lowest BCUT2D eigenvalue weighted by Crippen LogP contribution is -2.21. The van der Waals surface area contributed by atoms with Crippen molar-refractivity contribution in [1.82, 2.24) is 4.98 Å². The van der Waals surface area contributed by atoms with Gasteiger partial charge >= 0.3 is 5.97 Å². The largest absolute Gasteiger partial charge is 0.481 e. The molecule has 0 saturated carbocycles. The van der Waals surface area contributed by atoms with E-state index in [1.807, 2.05) is 0 Å². The maximum absolute atomic E-state index is 10.8. The zero-order valence-electron chi connectivity index (χ0n) is 11.3. The lowest BCUT2D eigenvalue weighted by molar-refractivity contribution is -0.385. The average molecular weight is 279 g/mol. The number of pyridine rings is 1. The molecule has 1 atom stereocenters. The fourth-order valence-electron chi connectivity index (χ4n) is 2.51. The van der Waals surface area contributed by atoms with Crippen molar-refractivity contribution in [3.8, 4) is 0 Å². The molecule has 1 N–H and O–H groups in total. The van der Waals surface area contributed by atoms with Gasteiger partial charge in [0.2, 0.25) is 0 Å². The molecule has 20 heavy (non-hydrogen) atoms. The van der Waals surface area contributed by atoms with Gasteiger partial charge in [-0.1, -0.05) is 0 Å². The fraction of sp³-hybridized carbons (Fsp3) is 0.538. The molecule has 1 aliphatic heterocycles. The third kappa shape index (κ3) is 3.23. The van der Waals surface area contributed by atoms with Crippen LogP contribution in [0, 0.1) is 23.0 Å². The maximum atomic E-state index is 10.8. The summed E-state index contributed by atoms with van der Waals surface area (Å²) < 4.78 is 0. The van der Waals surface area contributed by atoms with Gasteiger partial charge in [-0.3, -0.25) is 14.9 Å². The molecule has 7 nitrogen and oxygen atoms in total. The standard InChI is InChI=1S/C13H17N3O4/c1-9-11(16(19)20)3-4-12(14-9)15-7-6-10(8-15)2-5-13(17)18/h3-4,10H,2,5-8H2,1H3,(H,17,18). The first-order valence-electron chi connectivity index (χ1n) is 6.56. The molecule has 0 aromatic carbocycles. The van der Waals surface area contributed by atoms with Crippen molar-refractivity contribution in [2.24, 2.45) is 5.92 Å². The summed E-state index contributed by atoms with van der Waals surface area (Å²) in [6, 6.07) is 3.13. The van der Waals surface area contributed by atoms with Gasteiger partial charge in [-0.25, -0.2) is 4.98 Å². The van der Waals surface area contributed by atoms with Gasteiger partial charge in [0.15, 0.2) is 0 Å². The van der Waals surface area contributed by atoms with Gasteiger partial charge in [-0.15, -0.1) is 0 Å². The summed E-state index contributed by atoms with van der Waals surface area (Å²) in [5.41, 5.74) is 0.428. The number of hydrogen-bond acceptors (Lipinski definition) is 5. The van der Waals surface area contributed by atoms with Crippen molar-refractivity contribution in [2.45, 2.75) is 26.2 Å². The van der Waals surface area contributed by atoms with Crippen molar-refractivity contribution in [1.29, 1.82) is 0 Å². The maximum Gasteiger partial charge on any atom is 0.303 e. The highest BCUT2D eigenvalue weighted by molar-refractivity contribution is 5.66. The third-order valence-corrected chi connectivity index (χ3v) is 3.62. The summed E-state index contributed by atoms with van der Waals surface area (Å²) in [4.78, 5) is 27.2. The predicted molar refractivity (Wildman–Crippen MR) is 72.8 cm³/mol. The van der Waals surface area contributed by atoms with Crippen molar-refractivity contribution < 1.29 is 14.8 Å². The highest BCUT2D eigenvalue weighted by Gasteiger charge is 2.25. The summed E-state index contributed by atoms with van der Waals surface area (Å²) >= 11 is 0. The summed E-state index contributed by atoms with van der Waals surface area (Å²) in [5, 5.41) is 19.4. The van der Waals surface area contributed by atoms with E-state index in [9.17, 15) is 14.9 Å². The SMILES string of the molecule is Cc1nc(N2CCC(CCC(=O)O)C2)ccc1[N+](=O)[O-]. The number of aliphatic carboxylic acids is 1. The second-order valence-corrected chi connectivity index (χ2v) is 5.06. The molecule has 108 valence electrons. The molecule has 0 bridgehead atoms. The molecule has 1 fully saturated rings. The van der Waals surface area contributed by atoms with E-state index in [0.29, 0.717) is 18.0 Å². The van der Waals surface area contributed by atoms with Gasteiger partial charge in [-0.05, 0) is 31.7 Å². The summed E-state index contributed by atoms with van der Waals surface area (Å²) in [5.74, 6) is 0.307. The monoisotopic (exact) mass is 279 g/mol. The Balaban J connectivity index is 2.01. The molecule has 1 aliphatic rings. The Morgan fingerprint density at radius 2 is 2.35 bits per heavy atom. The van der Waals surface area contributed by atoms with Gasteiger partial charge in [0, 0.05) is 25.6 Å². The van der Waals surface area contributed by atoms with Crippen LogP contribution in [0.5, 0.6) is 0 Å². The molecule has 0 spiro atoms. The van der Waals surface area contributed by atoms with Crippen LogP contribution in [0.25, 0.3) is 0 Å². The zero-order valence-corrected chi connectivity index (χ0v) is 11.3. The topological polar surface area (TPSA) is 96.6 Å². The van der Waals surface area contributed by atoms with Gasteiger partial charge in [0.05, 0.1) is 4.92 Å². The number of nitrogens with zero attached hydrogens (tertiary/aromatic N) is 3. The molecule has 2 heterocycles. The van der Waals surface area contributed by atoms with Crippen molar-refractivity contribution in [3.63, 3.8) is 0 Å². The molecule has 0 radical (unpaired) electrons. The second kappa shape index (κ2) is 5.85. The number of aryl methyl sites for hydroxylation is 1. The van der Waals surface area contributed by atoms with Crippen LogP contribution in [0.15, 0.2) is 12.1 Å². The highest BCUT2D eigenvalue weighted by atomic mass is 16.6. The van der Waals surface area contributed by atoms with Crippen LogP contribution in [-0.2, 0) is 4.79 Å². The van der Waals surface area contributed by atoms with E-state index in [1.54, 1.807) is 13.0 Å². The number of hydrogen-bond donors (Lipinski definition) is 1. The lowest BCUT2D eigenvalue weighted by atomic mass is 10.0. The van der Waals surface area contributed by atoms with Gasteiger partial charge in [0.1, 0.15) is 11.5 Å². The van der Waals surface area contributed by atoms with Crippen LogP contribution in [0.2, 0.25) is 0 Å². The molecule has 0 amide bonds. The first kappa shape index (κ1) is 14.2. The number of aromatic nitrogens is 1. The fourth-order valence-corrected chi connectivity index (χ4v) is 2.51. The minimum absolute atomic E-state index is 0.0235. The van der Waals surface area contributed by atoms with E-state index in [2.05, 4.69) is 9.88 Å². The number of carbonyl (C=O) groups is 1. The number of nitro groups is 1. The molecule has 1 aromatic rings. The van der Waals surface area contributed by atoms with Crippen LogP contribution in [-0.4, -0.2) is 34.1 Å². The van der Waals surface area contributed by atoms with E-state index in [0.717, 1.165) is 25.3 Å². The third-order valence-electron chi connectivity index (χ3n) is 3.62. The molecular formula is C13H17N3O4. The van der Waals surface area contributed by atoms with E-state index >= 15 is 0 Å². The number of carboxylic acids is 1. The Kier molecular flexibility index (Phi) is 4.16. The zero-order chi connectivity index (χ0) is 14.7. The quantitative estimate of drug-likeness (QED) is 0.654. The van der Waals surface area contributed by atoms with Crippen molar-refractivity contribution >= 4 is 17.5 Å². The van der Waals surface area contributed by atoms with Crippen LogP contribution in [0.1, 0.15) is 25.0 Å². The Labute approximate surface area is 116 Å². The summed E-state index contributed by atoms with van der Waals surface area (Å²) in [6.07, 6.45) is 1.79. The number of rotatable bonds is 5. The lowest BCUT2D eigenvalue weighted by Gasteiger charge is -2.17. The van der Waals surface area contributed by atoms with Gasteiger partial charge in [0.25, 0.3) is 5.69 Å². The van der Waals surface area contributed by atoms with E-state index in [1.165, 1.54) is 6.07 Å². The highest BCUT2D eigenvalue weighted by Crippen LogP contribution is 2.27. The van der Waals surface area contributed by atoms with Crippen LogP contribution < -0.4 is 4.90 Å². The van der Waals surface area contributed by atoms with Crippen LogP contribution >= 0.6 is 0 Å². The van der Waals surface area contributed by atoms with Crippen molar-refractivity contribution in [3.05, 3.63) is 27.9 Å². The Morgan fingerprint density at radius 1 is 1.60 bits per heavy atom. The normalized spacial score (nSPS) is 18.2. The summed E-state index contributed by atoms with van der Waals surface area (Å²) in [6.45, 7) is 3.20. The number of carboxylic acid groups (broad SMARTS) is 1.